The van der Waals surface area contributed by atoms with Crippen molar-refractivity contribution in [3.05, 3.63) is 105 Å². The smallest absolute Gasteiger partial charge is 0.410 e. The molecule has 2 aliphatic carbocycles. The Bertz CT molecular complexity index is 2830. The van der Waals surface area contributed by atoms with Crippen LogP contribution in [0.15, 0.2) is 88.1 Å². The van der Waals surface area contributed by atoms with Crippen molar-refractivity contribution >= 4 is 89.4 Å². The fraction of sp³-hybridized carbons (Fsp3) is 0.517. The van der Waals surface area contributed by atoms with Crippen molar-refractivity contribution in [2.75, 3.05) is 20.1 Å². The zero-order valence-corrected chi connectivity index (χ0v) is 47.2. The summed E-state index contributed by atoms with van der Waals surface area (Å²) in [6, 6.07) is 22.6. The third kappa shape index (κ3) is 13.5. The van der Waals surface area contributed by atoms with Gasteiger partial charge in [-0.1, -0.05) is 105 Å². The van der Waals surface area contributed by atoms with Gasteiger partial charge in [0.15, 0.2) is 0 Å². The number of H-pyrrole nitrogens is 2. The summed E-state index contributed by atoms with van der Waals surface area (Å²) in [6.45, 7) is 5.51. The summed E-state index contributed by atoms with van der Waals surface area (Å²) >= 11 is 7.31. The molecule has 2 aliphatic heterocycles. The molecular weight excluding hydrogens is 1100 g/mol. The first-order chi connectivity index (χ1) is 36.6. The Balaban J connectivity index is 0.000000220. The first-order valence-corrected chi connectivity index (χ1v) is 28.6. The average Bonchev–Trinajstić information content (AvgIpc) is 4.20. The number of ether oxygens (including phenoxy) is 3. The summed E-state index contributed by atoms with van der Waals surface area (Å²) in [5.74, 6) is -1.10. The number of benzene rings is 3. The standard InChI is InChI=1S/C35H43BrN4O6.C23H30BrN3O3/c1-22(39(3)35(44)45-21-24-12-6-4-7-13-24)33(42)38-31(25-14-8-5-9-15-25)34(43)40-19-18-30(46-23(2)41)29(40)20-27-26-16-10-11-17-28(26)37-32(27)36;1-14(28)30-20-11-12-27(23(29)21(25)15-7-3-2-4-8-15)19(20)13-17-16-9-5-6-10-18(16)26-22(17)24/h4,6-7,10-13,16-17,22,25,29-31,37H,5,8-9,14-15,18-21H2,1-3H3,(H,38,42);5-6,9-10,15,19-21,26H,2-4,7-8,11-13,25H2,1H3/t22-,29+,30+,31-;19-,20-,21+/m01/s1. The van der Waals surface area contributed by atoms with Crippen molar-refractivity contribution in [2.45, 2.75) is 160 Å². The van der Waals surface area contributed by atoms with Gasteiger partial charge in [-0.25, -0.2) is 4.79 Å². The number of para-hydroxylation sites is 2. The number of carbonyl (C=O) groups is 6. The van der Waals surface area contributed by atoms with Crippen molar-refractivity contribution in [3.63, 3.8) is 0 Å². The monoisotopic (exact) mass is 1170 g/mol. The zero-order valence-electron chi connectivity index (χ0n) is 44.1. The van der Waals surface area contributed by atoms with Crippen LogP contribution in [0.25, 0.3) is 21.8 Å². The second-order valence-electron chi connectivity index (χ2n) is 21.0. The van der Waals surface area contributed by atoms with Gasteiger partial charge in [0, 0.05) is 68.6 Å². The molecule has 9 rings (SSSR count). The van der Waals surface area contributed by atoms with Gasteiger partial charge in [0.2, 0.25) is 17.7 Å². The number of nitrogens with one attached hydrogen (secondary N) is 3. The molecule has 408 valence electrons. The molecule has 4 amide bonds. The summed E-state index contributed by atoms with van der Waals surface area (Å²) in [6.07, 6.45) is 11.1. The molecule has 5 N–H and O–H groups in total. The number of hydrogen-bond donors (Lipinski definition) is 4. The highest BCUT2D eigenvalue weighted by Crippen LogP contribution is 2.37. The van der Waals surface area contributed by atoms with Gasteiger partial charge in [0.05, 0.1) is 27.3 Å². The van der Waals surface area contributed by atoms with Crippen molar-refractivity contribution in [1.82, 2.24) is 30.0 Å². The molecule has 2 saturated carbocycles. The van der Waals surface area contributed by atoms with Gasteiger partial charge >= 0.3 is 18.0 Å². The number of likely N-dealkylation sites (N-methyl/N-ethyl adjacent to an activating group) is 1. The van der Waals surface area contributed by atoms with Crippen molar-refractivity contribution in [1.29, 1.82) is 0 Å². The van der Waals surface area contributed by atoms with E-state index in [1.165, 1.54) is 32.2 Å². The van der Waals surface area contributed by atoms with E-state index in [9.17, 15) is 28.8 Å². The lowest BCUT2D eigenvalue weighted by Crippen LogP contribution is -2.58. The van der Waals surface area contributed by atoms with Gasteiger partial charge in [0.25, 0.3) is 0 Å². The molecule has 4 aliphatic rings. The topological polar surface area (TPSA) is 209 Å². The van der Waals surface area contributed by atoms with Crippen LogP contribution in [0.1, 0.15) is 115 Å². The number of halogens is 2. The molecule has 4 heterocycles. The molecule has 2 aromatic heterocycles. The molecule has 4 fully saturated rings. The first-order valence-electron chi connectivity index (χ1n) is 27.0. The Kier molecular flexibility index (Phi) is 19.4. The number of aromatic amines is 2. The van der Waals surface area contributed by atoms with Gasteiger partial charge in [-0.3, -0.25) is 28.9 Å². The number of aromatic nitrogens is 2. The molecular formula is C58H73Br2N7O9. The molecule has 0 unspecified atom stereocenters. The lowest BCUT2D eigenvalue weighted by molar-refractivity contribution is -0.150. The predicted molar refractivity (Wildman–Crippen MR) is 298 cm³/mol. The average molecular weight is 1170 g/mol. The number of nitrogens with two attached hydrogens (primary N) is 1. The fourth-order valence-electron chi connectivity index (χ4n) is 11.9. The highest BCUT2D eigenvalue weighted by atomic mass is 79.9. The SMILES string of the molecule is CC(=O)O[C@@H]1CCN(C(=O)[C@@H](N)C2CCCCC2)[C@@H]1Cc1c(Br)[nH]c2ccccc12.CC(=O)O[C@@H]1CCN(C(=O)[C@@H](NC(=O)[C@H](C)N(C)C(=O)OCc2ccccc2)C2CCCCC2)[C@@H]1Cc1c(Br)[nH]c2ccccc12. The van der Waals surface area contributed by atoms with Gasteiger partial charge in [-0.05, 0) is 118 Å². The second kappa shape index (κ2) is 26.1. The first kappa shape index (κ1) is 56.5. The zero-order chi connectivity index (χ0) is 54.0. The van der Waals surface area contributed by atoms with E-state index in [2.05, 4.69) is 53.2 Å². The van der Waals surface area contributed by atoms with E-state index < -0.39 is 48.2 Å². The van der Waals surface area contributed by atoms with Crippen molar-refractivity contribution < 1.29 is 43.0 Å². The van der Waals surface area contributed by atoms with E-state index in [0.29, 0.717) is 38.8 Å². The van der Waals surface area contributed by atoms with Crippen LogP contribution in [0.2, 0.25) is 0 Å². The molecule has 76 heavy (non-hydrogen) atoms. The molecule has 0 bridgehead atoms. The maximum atomic E-state index is 14.5. The molecule has 0 radical (unpaired) electrons. The van der Waals surface area contributed by atoms with Crippen LogP contribution in [0.3, 0.4) is 0 Å². The Hall–Kier alpha value is -5.72. The molecule has 7 atom stereocenters. The van der Waals surface area contributed by atoms with Crippen LogP contribution in [-0.4, -0.2) is 123 Å². The number of hydrogen-bond acceptors (Lipinski definition) is 10. The Morgan fingerprint density at radius 1 is 0.658 bits per heavy atom. The highest BCUT2D eigenvalue weighted by molar-refractivity contribution is 9.10. The van der Waals surface area contributed by atoms with Crippen molar-refractivity contribution in [3.8, 4) is 0 Å². The van der Waals surface area contributed by atoms with Crippen LogP contribution >= 0.6 is 31.9 Å². The molecule has 18 heteroatoms. The number of amides is 4. The lowest BCUT2D eigenvalue weighted by Gasteiger charge is -2.36. The third-order valence-electron chi connectivity index (χ3n) is 16.1. The van der Waals surface area contributed by atoms with Crippen LogP contribution in [0.5, 0.6) is 0 Å². The molecule has 0 spiro atoms. The van der Waals surface area contributed by atoms with Gasteiger partial charge in [-0.15, -0.1) is 0 Å². The minimum atomic E-state index is -0.868. The van der Waals surface area contributed by atoms with Gasteiger partial charge in [0.1, 0.15) is 30.9 Å². The van der Waals surface area contributed by atoms with Crippen LogP contribution < -0.4 is 11.1 Å². The summed E-state index contributed by atoms with van der Waals surface area (Å²) in [7, 11) is 1.52. The van der Waals surface area contributed by atoms with Crippen molar-refractivity contribution in [2.24, 2.45) is 17.6 Å². The summed E-state index contributed by atoms with van der Waals surface area (Å²) in [5.41, 5.74) is 11.4. The number of likely N-dealkylation sites (tertiary alicyclic amines) is 2. The maximum Gasteiger partial charge on any atom is 0.410 e. The highest BCUT2D eigenvalue weighted by Gasteiger charge is 2.45. The summed E-state index contributed by atoms with van der Waals surface area (Å²) < 4.78 is 18.6. The molecule has 2 saturated heterocycles. The lowest BCUT2D eigenvalue weighted by atomic mass is 9.83. The fourth-order valence-corrected chi connectivity index (χ4v) is 13.1. The number of esters is 2. The molecule has 3 aromatic carbocycles. The third-order valence-corrected chi connectivity index (χ3v) is 17.5. The van der Waals surface area contributed by atoms with Crippen LogP contribution in [0, 0.1) is 11.8 Å². The minimum Gasteiger partial charge on any atom is -0.460 e. The minimum absolute atomic E-state index is 0.00230. The summed E-state index contributed by atoms with van der Waals surface area (Å²) in [5, 5.41) is 5.19. The second-order valence-corrected chi connectivity index (χ2v) is 22.6. The Morgan fingerprint density at radius 3 is 1.62 bits per heavy atom. The predicted octanol–water partition coefficient (Wildman–Crippen LogP) is 9.64. The van der Waals surface area contributed by atoms with E-state index in [0.717, 1.165) is 105 Å². The van der Waals surface area contributed by atoms with Gasteiger partial charge < -0.3 is 45.0 Å². The van der Waals surface area contributed by atoms with Crippen LogP contribution in [0.4, 0.5) is 4.79 Å². The quantitative estimate of drug-likeness (QED) is 0.0576. The van der Waals surface area contributed by atoms with E-state index in [1.807, 2.05) is 77.7 Å². The Labute approximate surface area is 462 Å². The number of carbonyl (C=O) groups excluding carboxylic acids is 6. The number of nitrogens with zero attached hydrogens (tertiary/aromatic N) is 3. The van der Waals surface area contributed by atoms with E-state index in [1.54, 1.807) is 11.8 Å². The van der Waals surface area contributed by atoms with Crippen LogP contribution in [-0.2, 0) is 57.6 Å². The number of fused-ring (bicyclic) bond motifs is 2. The van der Waals surface area contributed by atoms with E-state index in [4.69, 9.17) is 19.9 Å². The summed E-state index contributed by atoms with van der Waals surface area (Å²) in [4.78, 5) is 89.9. The molecule has 16 nitrogen and oxygen atoms in total. The van der Waals surface area contributed by atoms with E-state index in [-0.39, 0.29) is 48.4 Å². The largest absolute Gasteiger partial charge is 0.460 e. The molecule has 5 aromatic rings. The normalized spacial score (nSPS) is 21.3. The Morgan fingerprint density at radius 2 is 1.12 bits per heavy atom. The van der Waals surface area contributed by atoms with Gasteiger partial charge in [-0.2, -0.15) is 0 Å². The van der Waals surface area contributed by atoms with E-state index >= 15 is 0 Å². The maximum absolute atomic E-state index is 14.5. The number of rotatable bonds is 15.